The van der Waals surface area contributed by atoms with Gasteiger partial charge >= 0.3 is 0 Å². The van der Waals surface area contributed by atoms with E-state index in [0.29, 0.717) is 5.13 Å². The highest BCUT2D eigenvalue weighted by Crippen LogP contribution is 2.24. The van der Waals surface area contributed by atoms with Crippen LogP contribution in [0.3, 0.4) is 0 Å². The van der Waals surface area contributed by atoms with Gasteiger partial charge in [0.15, 0.2) is 5.82 Å². The molecule has 3 nitrogen and oxygen atoms in total. The Balaban J connectivity index is 2.16. The van der Waals surface area contributed by atoms with Crippen LogP contribution in [0, 0.1) is 12.7 Å². The minimum absolute atomic E-state index is 0.00550. The van der Waals surface area contributed by atoms with Gasteiger partial charge in [-0.1, -0.05) is 23.2 Å². The van der Waals surface area contributed by atoms with E-state index in [0.717, 1.165) is 5.69 Å². The average molecular weight is 304 g/mol. The summed E-state index contributed by atoms with van der Waals surface area (Å²) in [5, 5.41) is 6.64. The van der Waals surface area contributed by atoms with Gasteiger partial charge in [0.1, 0.15) is 0 Å². The Morgan fingerprint density at radius 1 is 1.39 bits per heavy atom. The molecule has 1 heterocycles. The van der Waals surface area contributed by atoms with Gasteiger partial charge in [0, 0.05) is 5.38 Å². The molecule has 1 aromatic carbocycles. The number of hydrogen-bond donors (Lipinski definition) is 1. The molecule has 0 aliphatic carbocycles. The number of hydrogen-bond acceptors (Lipinski definition) is 4. The summed E-state index contributed by atoms with van der Waals surface area (Å²) in [5.41, 5.74) is 3.73. The number of thiazole rings is 1. The molecule has 1 N–H and O–H groups in total. The van der Waals surface area contributed by atoms with Crippen molar-refractivity contribution in [3.8, 4) is 0 Å². The molecule has 0 saturated carbocycles. The molecule has 0 spiro atoms. The summed E-state index contributed by atoms with van der Waals surface area (Å²) in [4.78, 5) is 4.15. The van der Waals surface area contributed by atoms with E-state index in [1.54, 1.807) is 0 Å². The lowest BCUT2D eigenvalue weighted by Gasteiger charge is -2.01. The SMILES string of the molecule is Cc1csc(NN=Cc2c(Cl)ccc(Cl)c2F)n1. The molecule has 0 atom stereocenters. The van der Waals surface area contributed by atoms with E-state index in [1.165, 1.54) is 29.7 Å². The summed E-state index contributed by atoms with van der Waals surface area (Å²) < 4.78 is 13.6. The van der Waals surface area contributed by atoms with Crippen molar-refractivity contribution in [2.45, 2.75) is 6.92 Å². The molecule has 0 unspecified atom stereocenters. The second kappa shape index (κ2) is 5.65. The summed E-state index contributed by atoms with van der Waals surface area (Å²) in [6, 6.07) is 2.91. The highest BCUT2D eigenvalue weighted by atomic mass is 35.5. The van der Waals surface area contributed by atoms with Gasteiger partial charge in [0.2, 0.25) is 5.13 Å². The first kappa shape index (κ1) is 13.3. The van der Waals surface area contributed by atoms with Crippen LogP contribution >= 0.6 is 34.5 Å². The van der Waals surface area contributed by atoms with E-state index in [1.807, 2.05) is 12.3 Å². The molecule has 94 valence electrons. The van der Waals surface area contributed by atoms with Crippen molar-refractivity contribution in [1.29, 1.82) is 0 Å². The summed E-state index contributed by atoms with van der Waals surface area (Å²) >= 11 is 12.9. The lowest BCUT2D eigenvalue weighted by atomic mass is 10.2. The summed E-state index contributed by atoms with van der Waals surface area (Å²) in [6.45, 7) is 1.87. The quantitative estimate of drug-likeness (QED) is 0.520. The van der Waals surface area contributed by atoms with Gasteiger partial charge in [-0.2, -0.15) is 5.10 Å². The second-order valence-electron chi connectivity index (χ2n) is 3.42. The number of aromatic nitrogens is 1. The predicted octanol–water partition coefficient (Wildman–Crippen LogP) is 4.34. The predicted molar refractivity (Wildman–Crippen MR) is 74.5 cm³/mol. The summed E-state index contributed by atoms with van der Waals surface area (Å²) in [6.07, 6.45) is 1.28. The van der Waals surface area contributed by atoms with Crippen LogP contribution < -0.4 is 5.43 Å². The fourth-order valence-corrected chi connectivity index (χ4v) is 2.22. The van der Waals surface area contributed by atoms with Gasteiger partial charge in [-0.05, 0) is 19.1 Å². The molecule has 1 aromatic heterocycles. The number of halogens is 3. The maximum atomic E-state index is 13.6. The number of benzene rings is 1. The average Bonchev–Trinajstić information content (AvgIpc) is 2.74. The first-order valence-corrected chi connectivity index (χ1v) is 6.56. The largest absolute Gasteiger partial charge is 0.253 e. The van der Waals surface area contributed by atoms with E-state index < -0.39 is 5.82 Å². The highest BCUT2D eigenvalue weighted by molar-refractivity contribution is 7.13. The molecule has 2 aromatic rings. The molecule has 0 aliphatic heterocycles. The van der Waals surface area contributed by atoms with E-state index in [-0.39, 0.29) is 15.6 Å². The van der Waals surface area contributed by atoms with Crippen molar-refractivity contribution in [2.75, 3.05) is 5.43 Å². The first-order chi connectivity index (χ1) is 8.58. The van der Waals surface area contributed by atoms with Crippen LogP contribution in [0.25, 0.3) is 0 Å². The maximum absolute atomic E-state index is 13.6. The van der Waals surface area contributed by atoms with Crippen LogP contribution in [0.5, 0.6) is 0 Å². The number of rotatable bonds is 3. The van der Waals surface area contributed by atoms with Gasteiger partial charge in [-0.25, -0.2) is 9.37 Å². The van der Waals surface area contributed by atoms with Crippen LogP contribution in [0.1, 0.15) is 11.3 Å². The van der Waals surface area contributed by atoms with Crippen molar-refractivity contribution in [3.63, 3.8) is 0 Å². The van der Waals surface area contributed by atoms with Crippen molar-refractivity contribution in [1.82, 2.24) is 4.98 Å². The molecular weight excluding hydrogens is 296 g/mol. The Morgan fingerprint density at radius 3 is 2.78 bits per heavy atom. The summed E-state index contributed by atoms with van der Waals surface area (Å²) in [5.74, 6) is -0.593. The zero-order chi connectivity index (χ0) is 13.1. The molecule has 18 heavy (non-hydrogen) atoms. The van der Waals surface area contributed by atoms with Crippen molar-refractivity contribution in [2.24, 2.45) is 5.10 Å². The molecular formula is C11H8Cl2FN3S. The number of nitrogens with zero attached hydrogens (tertiary/aromatic N) is 2. The summed E-state index contributed by atoms with van der Waals surface area (Å²) in [7, 11) is 0. The second-order valence-corrected chi connectivity index (χ2v) is 5.09. The van der Waals surface area contributed by atoms with E-state index >= 15 is 0 Å². The van der Waals surface area contributed by atoms with E-state index in [4.69, 9.17) is 23.2 Å². The van der Waals surface area contributed by atoms with E-state index in [2.05, 4.69) is 15.5 Å². The minimum Gasteiger partial charge on any atom is -0.253 e. The third-order valence-corrected chi connectivity index (χ3v) is 3.54. The van der Waals surface area contributed by atoms with Gasteiger partial charge in [-0.3, -0.25) is 5.43 Å². The third-order valence-electron chi connectivity index (χ3n) is 2.05. The normalized spacial score (nSPS) is 11.1. The highest BCUT2D eigenvalue weighted by Gasteiger charge is 2.09. The maximum Gasteiger partial charge on any atom is 0.203 e. The Kier molecular flexibility index (Phi) is 4.16. The number of aryl methyl sites for hydroxylation is 1. The van der Waals surface area contributed by atoms with Gasteiger partial charge in [0.05, 0.1) is 27.5 Å². The number of anilines is 1. The van der Waals surface area contributed by atoms with Crippen LogP contribution in [-0.4, -0.2) is 11.2 Å². The van der Waals surface area contributed by atoms with Crippen LogP contribution in [0.2, 0.25) is 10.0 Å². The van der Waals surface area contributed by atoms with E-state index in [9.17, 15) is 4.39 Å². The first-order valence-electron chi connectivity index (χ1n) is 4.92. The molecule has 0 saturated heterocycles. The van der Waals surface area contributed by atoms with Crippen molar-refractivity contribution >= 4 is 45.9 Å². The van der Waals surface area contributed by atoms with Crippen LogP contribution in [-0.2, 0) is 0 Å². The monoisotopic (exact) mass is 303 g/mol. The van der Waals surface area contributed by atoms with Crippen LogP contribution in [0.4, 0.5) is 9.52 Å². The Labute approximate surface area is 117 Å². The van der Waals surface area contributed by atoms with Crippen molar-refractivity contribution < 1.29 is 4.39 Å². The topological polar surface area (TPSA) is 37.3 Å². The fraction of sp³-hybridized carbons (Fsp3) is 0.0909. The lowest BCUT2D eigenvalue weighted by Crippen LogP contribution is -1.95. The molecule has 0 bridgehead atoms. The smallest absolute Gasteiger partial charge is 0.203 e. The van der Waals surface area contributed by atoms with Gasteiger partial charge in [0.25, 0.3) is 0 Å². The van der Waals surface area contributed by atoms with Crippen LogP contribution in [0.15, 0.2) is 22.6 Å². The van der Waals surface area contributed by atoms with Crippen molar-refractivity contribution in [3.05, 3.63) is 44.6 Å². The zero-order valence-corrected chi connectivity index (χ0v) is 11.6. The fourth-order valence-electron chi connectivity index (χ4n) is 1.22. The Morgan fingerprint density at radius 2 is 2.11 bits per heavy atom. The molecule has 0 fully saturated rings. The zero-order valence-electron chi connectivity index (χ0n) is 9.25. The molecule has 0 radical (unpaired) electrons. The Bertz CT molecular complexity index is 598. The standard InChI is InChI=1S/C11H8Cl2FN3S/c1-6-5-18-11(16-6)17-15-4-7-8(12)2-3-9(13)10(7)14/h2-5H,1H3,(H,16,17). The Hall–Kier alpha value is -1.17. The lowest BCUT2D eigenvalue weighted by molar-refractivity contribution is 0.626. The third kappa shape index (κ3) is 2.98. The molecule has 0 aliphatic rings. The minimum atomic E-state index is -0.593. The molecule has 7 heteroatoms. The molecule has 2 rings (SSSR count). The number of nitrogens with one attached hydrogen (secondary N) is 1. The molecule has 0 amide bonds. The van der Waals surface area contributed by atoms with Gasteiger partial charge in [-0.15, -0.1) is 11.3 Å². The number of hydrazone groups is 1. The van der Waals surface area contributed by atoms with Gasteiger partial charge < -0.3 is 0 Å².